The monoisotopic (exact) mass is 293 g/mol. The minimum absolute atomic E-state index is 0.172. The van der Waals surface area contributed by atoms with Crippen molar-refractivity contribution in [3.63, 3.8) is 0 Å². The van der Waals surface area contributed by atoms with Gasteiger partial charge in [-0.25, -0.2) is 4.68 Å². The largest absolute Gasteiger partial charge is 0.220 e. The van der Waals surface area contributed by atoms with Crippen molar-refractivity contribution in [3.05, 3.63) is 53.9 Å². The Hall–Kier alpha value is -2.16. The average Bonchev–Trinajstić information content (AvgIpc) is 2.95. The van der Waals surface area contributed by atoms with Crippen molar-refractivity contribution in [2.45, 2.75) is 46.0 Å². The lowest BCUT2D eigenvalue weighted by Gasteiger charge is -2.19. The number of rotatable bonds is 2. The van der Waals surface area contributed by atoms with Crippen LogP contribution < -0.4 is 0 Å². The average molecular weight is 293 g/mol. The zero-order valence-electron chi connectivity index (χ0n) is 14.0. The molecule has 0 amide bonds. The zero-order valence-corrected chi connectivity index (χ0v) is 14.0. The van der Waals surface area contributed by atoms with Crippen LogP contribution in [0, 0.1) is 0 Å². The molecule has 0 unspecified atom stereocenters. The van der Waals surface area contributed by atoms with Gasteiger partial charge in [-0.3, -0.25) is 0 Å². The van der Waals surface area contributed by atoms with Crippen molar-refractivity contribution in [1.82, 2.24) is 15.0 Å². The molecule has 3 nitrogen and oxygen atoms in total. The van der Waals surface area contributed by atoms with Gasteiger partial charge in [-0.15, -0.1) is 5.10 Å². The van der Waals surface area contributed by atoms with Crippen LogP contribution in [0.2, 0.25) is 0 Å². The van der Waals surface area contributed by atoms with Gasteiger partial charge in [-0.1, -0.05) is 64.1 Å². The second-order valence-electron chi connectivity index (χ2n) is 7.24. The number of hydrogen-bond acceptors (Lipinski definition) is 2. The molecule has 3 aromatic rings. The summed E-state index contributed by atoms with van der Waals surface area (Å²) in [6, 6.07) is 13.1. The molecule has 0 aliphatic rings. The van der Waals surface area contributed by atoms with Crippen LogP contribution in [-0.4, -0.2) is 15.0 Å². The lowest BCUT2D eigenvalue weighted by atomic mass is 9.86. The zero-order chi connectivity index (χ0) is 15.9. The topological polar surface area (TPSA) is 30.7 Å². The van der Waals surface area contributed by atoms with Crippen molar-refractivity contribution >= 4 is 10.8 Å². The maximum absolute atomic E-state index is 4.24. The van der Waals surface area contributed by atoms with Gasteiger partial charge in [-0.05, 0) is 39.8 Å². The van der Waals surface area contributed by atoms with Gasteiger partial charge in [0, 0.05) is 0 Å². The molecule has 0 spiro atoms. The molecule has 0 N–H and O–H groups in total. The van der Waals surface area contributed by atoms with Crippen LogP contribution >= 0.6 is 0 Å². The normalized spacial score (nSPS) is 12.3. The van der Waals surface area contributed by atoms with Crippen LogP contribution in [0.25, 0.3) is 16.5 Å². The van der Waals surface area contributed by atoms with Crippen molar-refractivity contribution in [2.24, 2.45) is 0 Å². The van der Waals surface area contributed by atoms with Crippen LogP contribution in [0.5, 0.6) is 0 Å². The quantitative estimate of drug-likeness (QED) is 0.676. The van der Waals surface area contributed by atoms with E-state index in [9.17, 15) is 0 Å². The lowest BCUT2D eigenvalue weighted by Crippen LogP contribution is -2.10. The second-order valence-corrected chi connectivity index (χ2v) is 7.24. The Kier molecular flexibility index (Phi) is 3.51. The summed E-state index contributed by atoms with van der Waals surface area (Å²) in [5, 5.41) is 11.0. The Morgan fingerprint density at radius 3 is 2.27 bits per heavy atom. The molecule has 0 radical (unpaired) electrons. The molecule has 114 valence electrons. The predicted molar refractivity (Wildman–Crippen MR) is 91.7 cm³/mol. The van der Waals surface area contributed by atoms with Crippen LogP contribution in [0.3, 0.4) is 0 Å². The third kappa shape index (κ3) is 2.76. The van der Waals surface area contributed by atoms with Crippen molar-refractivity contribution in [2.75, 3.05) is 0 Å². The Morgan fingerprint density at radius 1 is 0.955 bits per heavy atom. The number of hydrogen-bond donors (Lipinski definition) is 0. The predicted octanol–water partition coefficient (Wildman–Crippen LogP) is 4.84. The Labute approximate surface area is 132 Å². The molecule has 0 atom stereocenters. The van der Waals surface area contributed by atoms with Crippen molar-refractivity contribution in [1.29, 1.82) is 0 Å². The fraction of sp³-hybridized carbons (Fsp3) is 0.368. The third-order valence-electron chi connectivity index (χ3n) is 4.06. The van der Waals surface area contributed by atoms with Gasteiger partial charge in [0.15, 0.2) is 0 Å². The molecular formula is C19H23N3. The summed E-state index contributed by atoms with van der Waals surface area (Å²) in [4.78, 5) is 0. The van der Waals surface area contributed by atoms with Crippen molar-refractivity contribution in [3.8, 4) is 5.69 Å². The van der Waals surface area contributed by atoms with E-state index < -0.39 is 0 Å². The highest BCUT2D eigenvalue weighted by Gasteiger charge is 2.14. The fourth-order valence-corrected chi connectivity index (χ4v) is 2.51. The molecule has 0 saturated heterocycles. The third-order valence-corrected chi connectivity index (χ3v) is 4.06. The van der Waals surface area contributed by atoms with E-state index in [2.05, 4.69) is 81.3 Å². The van der Waals surface area contributed by atoms with Gasteiger partial charge < -0.3 is 0 Å². The van der Waals surface area contributed by atoms with E-state index in [1.54, 1.807) is 0 Å². The van der Waals surface area contributed by atoms with E-state index in [1.807, 2.05) is 10.9 Å². The molecular weight excluding hydrogens is 270 g/mol. The summed E-state index contributed by atoms with van der Waals surface area (Å²) in [6.07, 6.45) is 2.01. The lowest BCUT2D eigenvalue weighted by molar-refractivity contribution is 0.591. The van der Waals surface area contributed by atoms with Crippen LogP contribution in [0.15, 0.2) is 42.6 Å². The number of nitrogens with zero attached hydrogens (tertiary/aromatic N) is 3. The first kappa shape index (κ1) is 14.8. The summed E-state index contributed by atoms with van der Waals surface area (Å²) in [7, 11) is 0. The molecule has 0 fully saturated rings. The minimum atomic E-state index is 0.172. The summed E-state index contributed by atoms with van der Waals surface area (Å²) >= 11 is 0. The number of aromatic nitrogens is 3. The van der Waals surface area contributed by atoms with Gasteiger partial charge in [0.2, 0.25) is 0 Å². The first-order chi connectivity index (χ1) is 10.3. The van der Waals surface area contributed by atoms with E-state index >= 15 is 0 Å². The van der Waals surface area contributed by atoms with Gasteiger partial charge in [0.1, 0.15) is 0 Å². The molecule has 2 aromatic carbocycles. The SMILES string of the molecule is CC(C)c1cn(-c2ccc3cc(C(C)(C)C)ccc3c2)nn1. The highest BCUT2D eigenvalue weighted by molar-refractivity contribution is 5.85. The Balaban J connectivity index is 2.02. The first-order valence-corrected chi connectivity index (χ1v) is 7.81. The molecule has 0 aliphatic heterocycles. The molecule has 1 aromatic heterocycles. The fourth-order valence-electron chi connectivity index (χ4n) is 2.51. The Morgan fingerprint density at radius 2 is 1.64 bits per heavy atom. The summed E-state index contributed by atoms with van der Waals surface area (Å²) in [5.74, 6) is 0.392. The number of fused-ring (bicyclic) bond motifs is 1. The molecule has 1 heterocycles. The van der Waals surface area contributed by atoms with Gasteiger partial charge in [-0.2, -0.15) is 0 Å². The smallest absolute Gasteiger partial charge is 0.0857 e. The maximum Gasteiger partial charge on any atom is 0.0857 e. The number of benzene rings is 2. The molecule has 3 rings (SSSR count). The van der Waals surface area contributed by atoms with Gasteiger partial charge >= 0.3 is 0 Å². The first-order valence-electron chi connectivity index (χ1n) is 7.81. The Bertz CT molecular complexity index is 807. The standard InChI is InChI=1S/C19H23N3/c1-13(2)18-12-22(21-20-18)17-9-7-14-10-16(19(3,4)5)8-6-15(14)11-17/h6-13H,1-5H3. The van der Waals surface area contributed by atoms with E-state index in [4.69, 9.17) is 0 Å². The van der Waals surface area contributed by atoms with E-state index in [1.165, 1.54) is 16.3 Å². The van der Waals surface area contributed by atoms with Crippen LogP contribution in [0.1, 0.15) is 51.8 Å². The highest BCUT2D eigenvalue weighted by Crippen LogP contribution is 2.27. The molecule has 0 bridgehead atoms. The van der Waals surface area contributed by atoms with Crippen LogP contribution in [-0.2, 0) is 5.41 Å². The summed E-state index contributed by atoms with van der Waals surface area (Å²) in [5.41, 5.74) is 3.60. The van der Waals surface area contributed by atoms with Crippen molar-refractivity contribution < 1.29 is 0 Å². The maximum atomic E-state index is 4.24. The second kappa shape index (κ2) is 5.24. The van der Waals surface area contributed by atoms with E-state index in [0.29, 0.717) is 5.92 Å². The molecule has 22 heavy (non-hydrogen) atoms. The summed E-state index contributed by atoms with van der Waals surface area (Å²) in [6.45, 7) is 11.0. The molecule has 3 heteroatoms. The van der Waals surface area contributed by atoms with Gasteiger partial charge in [0.25, 0.3) is 0 Å². The van der Waals surface area contributed by atoms with E-state index in [0.717, 1.165) is 11.4 Å². The minimum Gasteiger partial charge on any atom is -0.220 e. The molecule has 0 aliphatic carbocycles. The van der Waals surface area contributed by atoms with Gasteiger partial charge in [0.05, 0.1) is 17.6 Å². The molecule has 0 saturated carbocycles. The van der Waals surface area contributed by atoms with E-state index in [-0.39, 0.29) is 5.41 Å². The highest BCUT2D eigenvalue weighted by atomic mass is 15.4. The van der Waals surface area contributed by atoms with Crippen LogP contribution in [0.4, 0.5) is 0 Å². The summed E-state index contributed by atoms with van der Waals surface area (Å²) < 4.78 is 1.85.